The largest absolute Gasteiger partial charge is 0.374 e. The summed E-state index contributed by atoms with van der Waals surface area (Å²) in [4.78, 5) is 12.2. The Morgan fingerprint density at radius 1 is 1.26 bits per heavy atom. The number of carbonyl (C=O) groups is 1. The van der Waals surface area contributed by atoms with Crippen LogP contribution in [0, 0.1) is 11.8 Å². The van der Waals surface area contributed by atoms with Crippen molar-refractivity contribution in [2.24, 2.45) is 11.8 Å². The normalized spacial score (nSPS) is 19.7. The average molecular weight is 339 g/mol. The Morgan fingerprint density at radius 2 is 1.91 bits per heavy atom. The Kier molecular flexibility index (Phi) is 6.88. The van der Waals surface area contributed by atoms with E-state index in [1.165, 1.54) is 31.2 Å². The van der Waals surface area contributed by atoms with Crippen molar-refractivity contribution in [1.82, 2.24) is 5.32 Å². The highest BCUT2D eigenvalue weighted by molar-refractivity contribution is 5.92. The van der Waals surface area contributed by atoms with Gasteiger partial charge >= 0.3 is 0 Å². The number of carbonyl (C=O) groups excluding carboxylic acids is 1. The van der Waals surface area contributed by atoms with Gasteiger partial charge in [-0.25, -0.2) is 0 Å². The molecule has 0 spiro atoms. The van der Waals surface area contributed by atoms with Crippen molar-refractivity contribution in [2.75, 3.05) is 18.4 Å². The van der Waals surface area contributed by atoms with Crippen molar-refractivity contribution < 1.29 is 9.53 Å². The average Bonchev–Trinajstić information content (AvgIpc) is 2.98. The van der Waals surface area contributed by atoms with Crippen LogP contribution < -0.4 is 10.6 Å². The lowest BCUT2D eigenvalue weighted by Crippen LogP contribution is -2.48. The van der Waals surface area contributed by atoms with E-state index in [-0.39, 0.29) is 24.2 Å². The summed E-state index contributed by atoms with van der Waals surface area (Å²) in [6.07, 6.45) is 5.43. The van der Waals surface area contributed by atoms with Gasteiger partial charge in [-0.1, -0.05) is 31.9 Å². The van der Waals surface area contributed by atoms with E-state index >= 15 is 0 Å². The Balaban J connectivity index is 0.00000192. The smallest absolute Gasteiger partial charge is 0.227 e. The van der Waals surface area contributed by atoms with Crippen LogP contribution in [-0.2, 0) is 16.1 Å². The predicted molar refractivity (Wildman–Crippen MR) is 94.9 cm³/mol. The van der Waals surface area contributed by atoms with Crippen LogP contribution in [0.5, 0.6) is 0 Å². The van der Waals surface area contributed by atoms with Crippen LogP contribution in [-0.4, -0.2) is 25.1 Å². The molecule has 1 heterocycles. The zero-order valence-corrected chi connectivity index (χ0v) is 14.5. The molecule has 2 aliphatic rings. The van der Waals surface area contributed by atoms with Gasteiger partial charge in [0.1, 0.15) is 0 Å². The van der Waals surface area contributed by atoms with Gasteiger partial charge in [-0.15, -0.1) is 12.4 Å². The van der Waals surface area contributed by atoms with Gasteiger partial charge in [0.15, 0.2) is 0 Å². The van der Waals surface area contributed by atoms with Crippen LogP contribution in [0.4, 0.5) is 5.69 Å². The van der Waals surface area contributed by atoms with E-state index < -0.39 is 0 Å². The topological polar surface area (TPSA) is 50.4 Å². The second-order valence-corrected chi connectivity index (χ2v) is 6.61. The van der Waals surface area contributed by atoms with Crippen LogP contribution in [0.25, 0.3) is 0 Å². The lowest BCUT2D eigenvalue weighted by Gasteiger charge is -2.31. The zero-order valence-electron chi connectivity index (χ0n) is 13.7. The lowest BCUT2D eigenvalue weighted by atomic mass is 9.88. The third kappa shape index (κ3) is 4.93. The number of hydrogen-bond donors (Lipinski definition) is 2. The fourth-order valence-electron chi connectivity index (χ4n) is 3.09. The molecular weight excluding hydrogens is 312 g/mol. The van der Waals surface area contributed by atoms with Gasteiger partial charge in [-0.05, 0) is 49.5 Å². The van der Waals surface area contributed by atoms with Gasteiger partial charge in [0.05, 0.1) is 12.7 Å². The molecule has 1 aromatic carbocycles. The predicted octanol–water partition coefficient (Wildman–Crippen LogP) is 3.36. The molecule has 0 radical (unpaired) electrons. The molecular formula is C18H27ClN2O2. The molecule has 2 N–H and O–H groups in total. The molecule has 0 bridgehead atoms. The summed E-state index contributed by atoms with van der Waals surface area (Å²) in [6, 6.07) is 8.02. The molecule has 1 saturated heterocycles. The highest BCUT2D eigenvalue weighted by Gasteiger charge is 2.28. The summed E-state index contributed by atoms with van der Waals surface area (Å²) in [5.41, 5.74) is 2.04. The molecule has 2 fully saturated rings. The van der Waals surface area contributed by atoms with Gasteiger partial charge in [0, 0.05) is 11.6 Å². The van der Waals surface area contributed by atoms with Crippen molar-refractivity contribution in [2.45, 2.75) is 45.3 Å². The van der Waals surface area contributed by atoms with Gasteiger partial charge in [-0.3, -0.25) is 4.79 Å². The molecule has 1 aromatic rings. The van der Waals surface area contributed by atoms with Gasteiger partial charge < -0.3 is 15.4 Å². The summed E-state index contributed by atoms with van der Waals surface area (Å²) in [5.74, 6) is 0.646. The van der Waals surface area contributed by atoms with Gasteiger partial charge in [-0.2, -0.15) is 0 Å². The highest BCUT2D eigenvalue weighted by Crippen LogP contribution is 2.23. The molecule has 1 amide bonds. The number of anilines is 1. The number of amides is 1. The van der Waals surface area contributed by atoms with Crippen molar-refractivity contribution in [3.8, 4) is 0 Å². The molecule has 5 heteroatoms. The Bertz CT molecular complexity index is 496. The Morgan fingerprint density at radius 3 is 2.48 bits per heavy atom. The van der Waals surface area contributed by atoms with Gasteiger partial charge in [0.25, 0.3) is 0 Å². The van der Waals surface area contributed by atoms with Crippen LogP contribution in [0.1, 0.15) is 38.2 Å². The molecule has 23 heavy (non-hydrogen) atoms. The van der Waals surface area contributed by atoms with E-state index in [0.29, 0.717) is 18.6 Å². The maximum atomic E-state index is 12.2. The summed E-state index contributed by atoms with van der Waals surface area (Å²) in [5, 5.41) is 6.22. The van der Waals surface area contributed by atoms with Gasteiger partial charge in [0.2, 0.25) is 5.91 Å². The summed E-state index contributed by atoms with van der Waals surface area (Å²) >= 11 is 0. The van der Waals surface area contributed by atoms with E-state index in [1.54, 1.807) is 0 Å². The number of hydrogen-bond acceptors (Lipinski definition) is 3. The second kappa shape index (κ2) is 8.67. The van der Waals surface area contributed by atoms with Crippen LogP contribution in [0.15, 0.2) is 24.3 Å². The highest BCUT2D eigenvalue weighted by atomic mass is 35.5. The van der Waals surface area contributed by atoms with E-state index in [0.717, 1.165) is 18.8 Å². The lowest BCUT2D eigenvalue weighted by molar-refractivity contribution is -0.121. The Labute approximate surface area is 144 Å². The third-order valence-corrected chi connectivity index (χ3v) is 4.94. The van der Waals surface area contributed by atoms with Crippen molar-refractivity contribution in [1.29, 1.82) is 0 Å². The van der Waals surface area contributed by atoms with E-state index in [2.05, 4.69) is 10.6 Å². The molecule has 1 saturated carbocycles. The first kappa shape index (κ1) is 18.2. The van der Waals surface area contributed by atoms with Crippen LogP contribution in [0.2, 0.25) is 0 Å². The quantitative estimate of drug-likeness (QED) is 0.836. The van der Waals surface area contributed by atoms with Crippen LogP contribution >= 0.6 is 12.4 Å². The number of ether oxygens (including phenoxy) is 1. The maximum Gasteiger partial charge on any atom is 0.227 e. The molecule has 3 rings (SSSR count). The monoisotopic (exact) mass is 338 g/mol. The second-order valence-electron chi connectivity index (χ2n) is 6.61. The minimum Gasteiger partial charge on any atom is -0.374 e. The first-order valence-corrected chi connectivity index (χ1v) is 8.44. The first-order chi connectivity index (χ1) is 10.7. The summed E-state index contributed by atoms with van der Waals surface area (Å²) in [6.45, 7) is 4.58. The Hall–Kier alpha value is -1.10. The fraction of sp³-hybridized carbons (Fsp3) is 0.611. The molecule has 0 aromatic heterocycles. The minimum absolute atomic E-state index is 0. The van der Waals surface area contributed by atoms with Crippen molar-refractivity contribution >= 4 is 24.0 Å². The molecule has 1 aliphatic carbocycles. The van der Waals surface area contributed by atoms with E-state index in [4.69, 9.17) is 4.74 Å². The standard InChI is InChI=1S/C18H26N2O2.ClH/c1-13(15-10-19-11-15)18(21)20-16-8-6-14(7-9-16)12-22-17-4-2-3-5-17;/h6-9,13,15,17,19H,2-5,10-12H2,1H3,(H,20,21);1H. The number of halogens is 1. The van der Waals surface area contributed by atoms with Crippen molar-refractivity contribution in [3.63, 3.8) is 0 Å². The molecule has 128 valence electrons. The molecule has 1 unspecified atom stereocenters. The van der Waals surface area contributed by atoms with E-state index in [9.17, 15) is 4.79 Å². The number of nitrogens with one attached hydrogen (secondary N) is 2. The number of benzene rings is 1. The summed E-state index contributed by atoms with van der Waals surface area (Å²) < 4.78 is 5.91. The van der Waals surface area contributed by atoms with Crippen molar-refractivity contribution in [3.05, 3.63) is 29.8 Å². The van der Waals surface area contributed by atoms with E-state index in [1.807, 2.05) is 31.2 Å². The number of rotatable bonds is 6. The summed E-state index contributed by atoms with van der Waals surface area (Å²) in [7, 11) is 0. The molecule has 4 nitrogen and oxygen atoms in total. The SMILES string of the molecule is CC(C(=O)Nc1ccc(COC2CCCC2)cc1)C1CNC1.Cl. The fourth-order valence-corrected chi connectivity index (χ4v) is 3.09. The minimum atomic E-state index is 0. The molecule has 1 aliphatic heterocycles. The molecule has 1 atom stereocenters. The first-order valence-electron chi connectivity index (χ1n) is 8.44. The van der Waals surface area contributed by atoms with Crippen LogP contribution in [0.3, 0.4) is 0 Å². The zero-order chi connectivity index (χ0) is 15.4. The maximum absolute atomic E-state index is 12.2. The third-order valence-electron chi connectivity index (χ3n) is 4.94.